The summed E-state index contributed by atoms with van der Waals surface area (Å²) in [4.78, 5) is 43.4. The van der Waals surface area contributed by atoms with Gasteiger partial charge < -0.3 is 9.32 Å². The topological polar surface area (TPSA) is 86.6 Å². The molecule has 7 nitrogen and oxygen atoms in total. The first-order valence-electron chi connectivity index (χ1n) is 12.8. The van der Waals surface area contributed by atoms with E-state index in [-0.39, 0.29) is 11.7 Å². The summed E-state index contributed by atoms with van der Waals surface area (Å²) >= 11 is 0. The van der Waals surface area contributed by atoms with Gasteiger partial charge in [-0.2, -0.15) is 0 Å². The van der Waals surface area contributed by atoms with Crippen molar-refractivity contribution < 1.29 is 14.0 Å². The van der Waals surface area contributed by atoms with Gasteiger partial charge in [0, 0.05) is 51.1 Å². The molecule has 0 unspecified atom stereocenters. The summed E-state index contributed by atoms with van der Waals surface area (Å²) in [5.74, 6) is -0.333. The number of piperazine rings is 1. The summed E-state index contributed by atoms with van der Waals surface area (Å²) < 4.78 is 5.05. The molecule has 0 saturated carbocycles. The second kappa shape index (κ2) is 11.0. The van der Waals surface area contributed by atoms with Crippen LogP contribution >= 0.6 is 0 Å². The van der Waals surface area contributed by atoms with E-state index in [0.29, 0.717) is 49.1 Å². The molecular weight excluding hydrogens is 466 g/mol. The zero-order chi connectivity index (χ0) is 25.8. The number of benzene rings is 3. The molecule has 1 aliphatic heterocycles. The fourth-order valence-corrected chi connectivity index (χ4v) is 4.76. The molecule has 0 spiro atoms. The average molecular weight is 498 g/mol. The van der Waals surface area contributed by atoms with Crippen LogP contribution in [0.3, 0.4) is 0 Å². The molecule has 4 aromatic rings. The van der Waals surface area contributed by atoms with Crippen LogP contribution in [-0.2, 0) is 11.2 Å². The molecular formula is C30H31N3O4. The molecule has 0 radical (unpaired) electrons. The number of oxazole rings is 1. The third-order valence-corrected chi connectivity index (χ3v) is 7.09. The van der Waals surface area contributed by atoms with Crippen LogP contribution in [0.2, 0.25) is 0 Å². The molecule has 5 rings (SSSR count). The Kier molecular flexibility index (Phi) is 7.32. The third kappa shape index (κ3) is 6.06. The molecule has 0 aliphatic carbocycles. The first-order chi connectivity index (χ1) is 17.9. The molecule has 1 saturated heterocycles. The number of nitrogens with one attached hydrogen (secondary N) is 1. The van der Waals surface area contributed by atoms with Crippen LogP contribution in [-0.4, -0.2) is 59.2 Å². The Morgan fingerprint density at radius 1 is 0.865 bits per heavy atom. The normalized spacial score (nSPS) is 14.2. The number of H-pyrrole nitrogens is 1. The Labute approximate surface area is 215 Å². The Bertz CT molecular complexity index is 1440. The first kappa shape index (κ1) is 24.7. The molecule has 2 heterocycles. The molecule has 1 aromatic heterocycles. The molecule has 37 heavy (non-hydrogen) atoms. The van der Waals surface area contributed by atoms with Crippen molar-refractivity contribution in [1.29, 1.82) is 0 Å². The van der Waals surface area contributed by atoms with Gasteiger partial charge in [-0.3, -0.25) is 19.5 Å². The standard InChI is InChI=1S/C30H31N3O4/c1-21-2-7-23(8-3-21)24-9-4-22(5-10-24)6-13-29(35)33-18-16-32(17-19-33)15-14-27(34)25-11-12-26-28(20-25)37-30(36)31-26/h2-5,7-12,20H,6,13-19H2,1H3,(H,31,36). The molecule has 0 atom stereocenters. The zero-order valence-electron chi connectivity index (χ0n) is 21.0. The van der Waals surface area contributed by atoms with E-state index in [0.717, 1.165) is 19.5 Å². The van der Waals surface area contributed by atoms with E-state index in [1.165, 1.54) is 22.3 Å². The Morgan fingerprint density at radius 2 is 1.54 bits per heavy atom. The SMILES string of the molecule is Cc1ccc(-c2ccc(CCC(=O)N3CCN(CCC(=O)c4ccc5[nH]c(=O)oc5c4)CC3)cc2)cc1. The van der Waals surface area contributed by atoms with Gasteiger partial charge >= 0.3 is 5.76 Å². The Morgan fingerprint density at radius 3 is 2.24 bits per heavy atom. The molecule has 1 amide bonds. The van der Waals surface area contributed by atoms with Gasteiger partial charge in [0.25, 0.3) is 0 Å². The minimum atomic E-state index is -0.525. The van der Waals surface area contributed by atoms with Gasteiger partial charge in [0.1, 0.15) is 0 Å². The highest BCUT2D eigenvalue weighted by atomic mass is 16.4. The summed E-state index contributed by atoms with van der Waals surface area (Å²) in [5.41, 5.74) is 6.31. The monoisotopic (exact) mass is 497 g/mol. The van der Waals surface area contributed by atoms with Gasteiger partial charge in [-0.1, -0.05) is 54.1 Å². The summed E-state index contributed by atoms with van der Waals surface area (Å²) in [6.45, 7) is 5.61. The molecule has 190 valence electrons. The molecule has 1 N–H and O–H groups in total. The van der Waals surface area contributed by atoms with Crippen LogP contribution in [0.1, 0.15) is 34.3 Å². The van der Waals surface area contributed by atoms with Gasteiger partial charge in [-0.05, 0) is 48.2 Å². The maximum absolute atomic E-state index is 12.8. The third-order valence-electron chi connectivity index (χ3n) is 7.09. The molecule has 1 aliphatic rings. The quantitative estimate of drug-likeness (QED) is 0.364. The number of carbonyl (C=O) groups excluding carboxylic acids is 2. The Hall–Kier alpha value is -3.97. The van der Waals surface area contributed by atoms with Crippen molar-refractivity contribution in [2.24, 2.45) is 0 Å². The largest absolute Gasteiger partial charge is 0.417 e. The number of fused-ring (bicyclic) bond motifs is 1. The molecule has 1 fully saturated rings. The number of rotatable bonds is 8. The summed E-state index contributed by atoms with van der Waals surface area (Å²) in [6.07, 6.45) is 1.61. The van der Waals surface area contributed by atoms with E-state index < -0.39 is 5.76 Å². The second-order valence-corrected chi connectivity index (χ2v) is 9.68. The second-order valence-electron chi connectivity index (χ2n) is 9.68. The number of aromatic amines is 1. The van der Waals surface area contributed by atoms with E-state index in [4.69, 9.17) is 4.42 Å². The first-order valence-corrected chi connectivity index (χ1v) is 12.8. The van der Waals surface area contributed by atoms with Crippen molar-refractivity contribution in [3.8, 4) is 11.1 Å². The number of amides is 1. The number of aromatic nitrogens is 1. The van der Waals surface area contributed by atoms with Gasteiger partial charge in [0.05, 0.1) is 5.52 Å². The van der Waals surface area contributed by atoms with Crippen molar-refractivity contribution in [2.45, 2.75) is 26.2 Å². The van der Waals surface area contributed by atoms with Crippen molar-refractivity contribution in [3.05, 3.63) is 94.0 Å². The van der Waals surface area contributed by atoms with Crippen LogP contribution in [0, 0.1) is 6.92 Å². The highest BCUT2D eigenvalue weighted by Crippen LogP contribution is 2.21. The number of hydrogen-bond acceptors (Lipinski definition) is 5. The van der Waals surface area contributed by atoms with Crippen LogP contribution < -0.4 is 5.76 Å². The average Bonchev–Trinajstić information content (AvgIpc) is 3.30. The molecule has 3 aromatic carbocycles. The van der Waals surface area contributed by atoms with E-state index in [2.05, 4.69) is 65.3 Å². The van der Waals surface area contributed by atoms with E-state index in [9.17, 15) is 14.4 Å². The predicted octanol–water partition coefficient (Wildman–Crippen LogP) is 4.45. The lowest BCUT2D eigenvalue weighted by Gasteiger charge is -2.34. The fraction of sp³-hybridized carbons (Fsp3) is 0.300. The number of hydrogen-bond donors (Lipinski definition) is 1. The van der Waals surface area contributed by atoms with Crippen molar-refractivity contribution >= 4 is 22.8 Å². The number of aryl methyl sites for hydroxylation is 2. The van der Waals surface area contributed by atoms with Gasteiger partial charge in [-0.15, -0.1) is 0 Å². The lowest BCUT2D eigenvalue weighted by atomic mass is 10.0. The number of Topliss-reactive ketones (excluding diaryl/α,β-unsaturated/α-hetero) is 1. The summed E-state index contributed by atoms with van der Waals surface area (Å²) in [7, 11) is 0. The van der Waals surface area contributed by atoms with Gasteiger partial charge in [0.2, 0.25) is 5.91 Å². The molecule has 0 bridgehead atoms. The van der Waals surface area contributed by atoms with E-state index in [1.807, 2.05) is 4.90 Å². The lowest BCUT2D eigenvalue weighted by Crippen LogP contribution is -2.49. The van der Waals surface area contributed by atoms with Crippen LogP contribution in [0.5, 0.6) is 0 Å². The van der Waals surface area contributed by atoms with Crippen LogP contribution in [0.4, 0.5) is 0 Å². The van der Waals surface area contributed by atoms with E-state index >= 15 is 0 Å². The zero-order valence-corrected chi connectivity index (χ0v) is 21.0. The van der Waals surface area contributed by atoms with Crippen LogP contribution in [0.25, 0.3) is 22.2 Å². The highest BCUT2D eigenvalue weighted by Gasteiger charge is 2.21. The maximum atomic E-state index is 12.8. The Balaban J connectivity index is 1.05. The van der Waals surface area contributed by atoms with Gasteiger partial charge in [0.15, 0.2) is 11.4 Å². The predicted molar refractivity (Wildman–Crippen MR) is 144 cm³/mol. The number of carbonyl (C=O) groups is 2. The minimum absolute atomic E-state index is 0.0117. The lowest BCUT2D eigenvalue weighted by molar-refractivity contribution is -0.132. The van der Waals surface area contributed by atoms with Crippen molar-refractivity contribution in [3.63, 3.8) is 0 Å². The number of nitrogens with zero attached hydrogens (tertiary/aromatic N) is 2. The van der Waals surface area contributed by atoms with Crippen molar-refractivity contribution in [1.82, 2.24) is 14.8 Å². The van der Waals surface area contributed by atoms with E-state index in [1.54, 1.807) is 18.2 Å². The van der Waals surface area contributed by atoms with Crippen molar-refractivity contribution in [2.75, 3.05) is 32.7 Å². The van der Waals surface area contributed by atoms with Gasteiger partial charge in [-0.25, -0.2) is 4.79 Å². The fourth-order valence-electron chi connectivity index (χ4n) is 4.76. The minimum Gasteiger partial charge on any atom is -0.408 e. The summed E-state index contributed by atoms with van der Waals surface area (Å²) in [5, 5.41) is 0. The van der Waals surface area contributed by atoms with Crippen LogP contribution in [0.15, 0.2) is 75.9 Å². The highest BCUT2D eigenvalue weighted by molar-refractivity contribution is 5.98. The molecule has 7 heteroatoms. The summed E-state index contributed by atoms with van der Waals surface area (Å²) in [6, 6.07) is 22.0. The number of ketones is 1. The smallest absolute Gasteiger partial charge is 0.408 e. The maximum Gasteiger partial charge on any atom is 0.417 e.